The molecule has 1 heterocycles. The fraction of sp³-hybridized carbons (Fsp3) is 0.625. The predicted octanol–water partition coefficient (Wildman–Crippen LogP) is -0.133. The molecule has 0 aliphatic carbocycles. The maximum atomic E-state index is 10.9. The molecule has 1 atom stereocenters. The third kappa shape index (κ3) is 1.95. The van der Waals surface area contributed by atoms with Crippen molar-refractivity contribution in [2.75, 3.05) is 19.7 Å². The van der Waals surface area contributed by atoms with E-state index >= 15 is 0 Å². The molecule has 11 heavy (non-hydrogen) atoms. The minimum Gasteiger partial charge on any atom is -0.362 e. The molecule has 0 spiro atoms. The molecule has 1 saturated heterocycles. The highest BCUT2D eigenvalue weighted by molar-refractivity contribution is 5.73. The average Bonchev–Trinajstić information content (AvgIpc) is 2.05. The molecule has 3 nitrogen and oxygen atoms in total. The summed E-state index contributed by atoms with van der Waals surface area (Å²) in [7, 11) is 0. The maximum Gasteiger partial charge on any atom is 0.219 e. The summed E-state index contributed by atoms with van der Waals surface area (Å²) < 4.78 is 5.18. The standard InChI is InChI=1S/C8H11NO2/c1-3-8-6-9(7(2)10)4-5-11-8/h1,8H,4-6H2,2H3/t8-/m0/s1. The monoisotopic (exact) mass is 153 g/mol. The Bertz CT molecular complexity index is 195. The van der Waals surface area contributed by atoms with Crippen LogP contribution in [0.2, 0.25) is 0 Å². The molecule has 1 aliphatic heterocycles. The van der Waals surface area contributed by atoms with Crippen LogP contribution in [0.4, 0.5) is 0 Å². The Balaban J connectivity index is 2.47. The molecule has 0 aromatic rings. The van der Waals surface area contributed by atoms with E-state index in [4.69, 9.17) is 11.2 Å². The lowest BCUT2D eigenvalue weighted by Crippen LogP contribution is -2.44. The van der Waals surface area contributed by atoms with Gasteiger partial charge in [-0.15, -0.1) is 6.42 Å². The number of nitrogens with zero attached hydrogens (tertiary/aromatic N) is 1. The van der Waals surface area contributed by atoms with Crippen molar-refractivity contribution in [1.82, 2.24) is 4.90 Å². The second kappa shape index (κ2) is 3.40. The highest BCUT2D eigenvalue weighted by Crippen LogP contribution is 2.03. The summed E-state index contributed by atoms with van der Waals surface area (Å²) in [6, 6.07) is 0. The summed E-state index contributed by atoms with van der Waals surface area (Å²) in [4.78, 5) is 12.6. The first kappa shape index (κ1) is 8.09. The van der Waals surface area contributed by atoms with Gasteiger partial charge in [-0.25, -0.2) is 0 Å². The van der Waals surface area contributed by atoms with Crippen molar-refractivity contribution in [2.45, 2.75) is 13.0 Å². The van der Waals surface area contributed by atoms with Crippen LogP contribution in [0.15, 0.2) is 0 Å². The highest BCUT2D eigenvalue weighted by atomic mass is 16.5. The van der Waals surface area contributed by atoms with Crippen molar-refractivity contribution >= 4 is 5.91 Å². The summed E-state index contributed by atoms with van der Waals surface area (Å²) in [5.74, 6) is 2.54. The number of ether oxygens (including phenoxy) is 1. The zero-order chi connectivity index (χ0) is 8.27. The predicted molar refractivity (Wildman–Crippen MR) is 40.8 cm³/mol. The number of carbonyl (C=O) groups excluding carboxylic acids is 1. The van der Waals surface area contributed by atoms with Gasteiger partial charge in [0.1, 0.15) is 6.10 Å². The van der Waals surface area contributed by atoms with Gasteiger partial charge in [-0.1, -0.05) is 5.92 Å². The molecule has 0 aromatic heterocycles. The van der Waals surface area contributed by atoms with E-state index < -0.39 is 0 Å². The van der Waals surface area contributed by atoms with Crippen molar-refractivity contribution in [1.29, 1.82) is 0 Å². The molecule has 0 radical (unpaired) electrons. The molecule has 0 bridgehead atoms. The Morgan fingerprint density at radius 2 is 2.55 bits per heavy atom. The smallest absolute Gasteiger partial charge is 0.219 e. The Labute approximate surface area is 66.3 Å². The highest BCUT2D eigenvalue weighted by Gasteiger charge is 2.19. The van der Waals surface area contributed by atoms with Gasteiger partial charge < -0.3 is 9.64 Å². The van der Waals surface area contributed by atoms with Crippen LogP contribution in [0.5, 0.6) is 0 Å². The Kier molecular flexibility index (Phi) is 2.50. The Morgan fingerprint density at radius 1 is 1.82 bits per heavy atom. The number of terminal acetylenes is 1. The zero-order valence-electron chi connectivity index (χ0n) is 6.54. The molecular formula is C8H11NO2. The van der Waals surface area contributed by atoms with E-state index in [9.17, 15) is 4.79 Å². The van der Waals surface area contributed by atoms with Crippen molar-refractivity contribution in [3.63, 3.8) is 0 Å². The molecule has 1 fully saturated rings. The van der Waals surface area contributed by atoms with Crippen molar-refractivity contribution in [3.8, 4) is 12.3 Å². The number of hydrogen-bond acceptors (Lipinski definition) is 2. The molecular weight excluding hydrogens is 142 g/mol. The number of amides is 1. The molecule has 1 aliphatic rings. The number of carbonyl (C=O) groups is 1. The molecule has 3 heteroatoms. The van der Waals surface area contributed by atoms with Crippen molar-refractivity contribution < 1.29 is 9.53 Å². The van der Waals surface area contributed by atoms with Crippen molar-refractivity contribution in [3.05, 3.63) is 0 Å². The van der Waals surface area contributed by atoms with Crippen LogP contribution in [0.1, 0.15) is 6.92 Å². The summed E-state index contributed by atoms with van der Waals surface area (Å²) >= 11 is 0. The van der Waals surface area contributed by atoms with Crippen LogP contribution in [0.25, 0.3) is 0 Å². The first-order valence-electron chi connectivity index (χ1n) is 3.57. The average molecular weight is 153 g/mol. The third-order valence-corrected chi connectivity index (χ3v) is 1.70. The minimum atomic E-state index is -0.215. The fourth-order valence-electron chi connectivity index (χ4n) is 1.04. The van der Waals surface area contributed by atoms with E-state index in [1.807, 2.05) is 0 Å². The van der Waals surface area contributed by atoms with Gasteiger partial charge >= 0.3 is 0 Å². The van der Waals surface area contributed by atoms with E-state index in [1.54, 1.807) is 11.8 Å². The van der Waals surface area contributed by atoms with E-state index in [1.165, 1.54) is 0 Å². The lowest BCUT2D eigenvalue weighted by atomic mass is 10.3. The van der Waals surface area contributed by atoms with Crippen LogP contribution in [0, 0.1) is 12.3 Å². The van der Waals surface area contributed by atoms with Gasteiger partial charge in [-0.2, -0.15) is 0 Å². The molecule has 0 aromatic carbocycles. The lowest BCUT2D eigenvalue weighted by molar-refractivity contribution is -0.134. The van der Waals surface area contributed by atoms with Crippen LogP contribution in [-0.2, 0) is 9.53 Å². The summed E-state index contributed by atoms with van der Waals surface area (Å²) in [6.07, 6.45) is 4.94. The number of rotatable bonds is 0. The Hall–Kier alpha value is -1.01. The third-order valence-electron chi connectivity index (χ3n) is 1.70. The van der Waals surface area contributed by atoms with Crippen LogP contribution in [0.3, 0.4) is 0 Å². The normalized spacial score (nSPS) is 24.4. The summed E-state index contributed by atoms with van der Waals surface area (Å²) in [6.45, 7) is 3.28. The minimum absolute atomic E-state index is 0.0635. The molecule has 1 amide bonds. The van der Waals surface area contributed by atoms with Crippen LogP contribution in [-0.4, -0.2) is 36.6 Å². The van der Waals surface area contributed by atoms with E-state index in [2.05, 4.69) is 5.92 Å². The molecule has 60 valence electrons. The van der Waals surface area contributed by atoms with Gasteiger partial charge in [0.2, 0.25) is 5.91 Å². The van der Waals surface area contributed by atoms with E-state index in [0.717, 1.165) is 0 Å². The van der Waals surface area contributed by atoms with Crippen LogP contribution < -0.4 is 0 Å². The largest absolute Gasteiger partial charge is 0.362 e. The van der Waals surface area contributed by atoms with Gasteiger partial charge in [0, 0.05) is 13.5 Å². The first-order chi connectivity index (χ1) is 5.24. The Morgan fingerprint density at radius 3 is 3.09 bits per heavy atom. The zero-order valence-corrected chi connectivity index (χ0v) is 6.54. The fourth-order valence-corrected chi connectivity index (χ4v) is 1.04. The SMILES string of the molecule is C#C[C@H]1CN(C(C)=O)CCO1. The topological polar surface area (TPSA) is 29.5 Å². The lowest BCUT2D eigenvalue weighted by Gasteiger charge is -2.29. The second-order valence-corrected chi connectivity index (χ2v) is 2.49. The van der Waals surface area contributed by atoms with Crippen LogP contribution >= 0.6 is 0 Å². The number of hydrogen-bond donors (Lipinski definition) is 0. The van der Waals surface area contributed by atoms with E-state index in [-0.39, 0.29) is 12.0 Å². The molecule has 0 saturated carbocycles. The van der Waals surface area contributed by atoms with Gasteiger partial charge in [0.25, 0.3) is 0 Å². The van der Waals surface area contributed by atoms with Gasteiger partial charge in [0.15, 0.2) is 0 Å². The quantitative estimate of drug-likeness (QED) is 0.453. The first-order valence-corrected chi connectivity index (χ1v) is 3.57. The second-order valence-electron chi connectivity index (χ2n) is 2.49. The molecule has 0 N–H and O–H groups in total. The molecule has 0 unspecified atom stereocenters. The molecule has 1 rings (SSSR count). The van der Waals surface area contributed by atoms with Crippen molar-refractivity contribution in [2.24, 2.45) is 0 Å². The van der Waals surface area contributed by atoms with Gasteiger partial charge in [-0.05, 0) is 0 Å². The maximum absolute atomic E-state index is 10.9. The van der Waals surface area contributed by atoms with Gasteiger partial charge in [0.05, 0.1) is 13.2 Å². The van der Waals surface area contributed by atoms with Gasteiger partial charge in [-0.3, -0.25) is 4.79 Å². The number of morpholine rings is 1. The summed E-state index contributed by atoms with van der Waals surface area (Å²) in [5, 5.41) is 0. The van der Waals surface area contributed by atoms with E-state index in [0.29, 0.717) is 19.7 Å². The summed E-state index contributed by atoms with van der Waals surface area (Å²) in [5.41, 5.74) is 0.